The van der Waals surface area contributed by atoms with Crippen LogP contribution < -0.4 is 10.1 Å². The highest BCUT2D eigenvalue weighted by atomic mass is 16.5. The van der Waals surface area contributed by atoms with Gasteiger partial charge in [0.25, 0.3) is 0 Å². The van der Waals surface area contributed by atoms with Crippen LogP contribution in [0.3, 0.4) is 0 Å². The van der Waals surface area contributed by atoms with Gasteiger partial charge < -0.3 is 10.1 Å². The van der Waals surface area contributed by atoms with Crippen LogP contribution in [0.5, 0.6) is 5.75 Å². The lowest BCUT2D eigenvalue weighted by Crippen LogP contribution is -2.23. The van der Waals surface area contributed by atoms with E-state index in [0.717, 1.165) is 17.0 Å². The number of anilines is 1. The molecule has 2 heterocycles. The monoisotopic (exact) mass is 212 g/mol. The summed E-state index contributed by atoms with van der Waals surface area (Å²) in [7, 11) is 0. The molecular formula is C13H12N2O. The smallest absolute Gasteiger partial charge is 0.142 e. The summed E-state index contributed by atoms with van der Waals surface area (Å²) >= 11 is 0. The first-order valence-corrected chi connectivity index (χ1v) is 5.32. The second-order valence-corrected chi connectivity index (χ2v) is 3.79. The van der Waals surface area contributed by atoms with Gasteiger partial charge in [0.15, 0.2) is 0 Å². The Morgan fingerprint density at radius 1 is 1.19 bits per heavy atom. The Kier molecular flexibility index (Phi) is 2.22. The molecule has 0 aliphatic carbocycles. The van der Waals surface area contributed by atoms with E-state index in [-0.39, 0.29) is 6.04 Å². The second kappa shape index (κ2) is 3.85. The number of aromatic nitrogens is 1. The zero-order valence-electron chi connectivity index (χ0n) is 8.76. The van der Waals surface area contributed by atoms with Crippen molar-refractivity contribution in [3.63, 3.8) is 0 Å². The topological polar surface area (TPSA) is 34.1 Å². The maximum absolute atomic E-state index is 5.70. The Bertz CT molecular complexity index is 484. The molecule has 0 saturated carbocycles. The summed E-state index contributed by atoms with van der Waals surface area (Å²) in [6.07, 6.45) is 3.65. The van der Waals surface area contributed by atoms with Crippen LogP contribution in [0, 0.1) is 0 Å². The molecule has 1 unspecified atom stereocenters. The number of rotatable bonds is 1. The van der Waals surface area contributed by atoms with Crippen molar-refractivity contribution >= 4 is 5.69 Å². The van der Waals surface area contributed by atoms with E-state index >= 15 is 0 Å². The molecule has 80 valence electrons. The average molecular weight is 212 g/mol. The van der Waals surface area contributed by atoms with Crippen LogP contribution >= 0.6 is 0 Å². The largest absolute Gasteiger partial charge is 0.489 e. The predicted molar refractivity (Wildman–Crippen MR) is 62.5 cm³/mol. The fourth-order valence-corrected chi connectivity index (χ4v) is 1.88. The molecule has 1 N–H and O–H groups in total. The number of para-hydroxylation sites is 2. The lowest BCUT2D eigenvalue weighted by Gasteiger charge is -2.27. The van der Waals surface area contributed by atoms with E-state index in [1.54, 1.807) is 6.20 Å². The molecule has 3 heteroatoms. The number of fused-ring (bicyclic) bond motifs is 1. The van der Waals surface area contributed by atoms with Gasteiger partial charge in [-0.25, -0.2) is 0 Å². The molecule has 0 radical (unpaired) electrons. The molecule has 0 spiro atoms. The van der Waals surface area contributed by atoms with Crippen LogP contribution in [0.15, 0.2) is 48.8 Å². The highest BCUT2D eigenvalue weighted by Crippen LogP contribution is 2.32. The minimum Gasteiger partial charge on any atom is -0.489 e. The molecule has 3 nitrogen and oxygen atoms in total. The van der Waals surface area contributed by atoms with Crippen molar-refractivity contribution in [1.29, 1.82) is 0 Å². The Labute approximate surface area is 94.1 Å². The van der Waals surface area contributed by atoms with Crippen molar-refractivity contribution in [2.45, 2.75) is 6.04 Å². The lowest BCUT2D eigenvalue weighted by molar-refractivity contribution is 0.286. The molecular weight excluding hydrogens is 200 g/mol. The Morgan fingerprint density at radius 2 is 2.12 bits per heavy atom. The number of nitrogens with zero attached hydrogens (tertiary/aromatic N) is 1. The molecule has 1 aliphatic heterocycles. The molecule has 1 aromatic heterocycles. The number of ether oxygens (including phenoxy) is 1. The van der Waals surface area contributed by atoms with Gasteiger partial charge in [0.05, 0.1) is 11.7 Å². The SMILES string of the molecule is c1cncc(C2COc3ccccc3N2)c1. The number of hydrogen-bond acceptors (Lipinski definition) is 3. The van der Waals surface area contributed by atoms with Crippen molar-refractivity contribution in [2.24, 2.45) is 0 Å². The maximum atomic E-state index is 5.70. The zero-order valence-corrected chi connectivity index (χ0v) is 8.76. The fourth-order valence-electron chi connectivity index (χ4n) is 1.88. The standard InChI is InChI=1S/C13H12N2O/c1-2-6-13-11(5-1)15-12(9-16-13)10-4-3-7-14-8-10/h1-8,12,15H,9H2. The summed E-state index contributed by atoms with van der Waals surface area (Å²) in [6.45, 7) is 0.642. The molecule has 1 aliphatic rings. The van der Waals surface area contributed by atoms with Gasteiger partial charge in [-0.05, 0) is 23.8 Å². The highest BCUT2D eigenvalue weighted by Gasteiger charge is 2.19. The minimum atomic E-state index is 0.184. The second-order valence-electron chi connectivity index (χ2n) is 3.79. The van der Waals surface area contributed by atoms with Crippen molar-refractivity contribution in [2.75, 3.05) is 11.9 Å². The van der Waals surface area contributed by atoms with Gasteiger partial charge in [-0.2, -0.15) is 0 Å². The van der Waals surface area contributed by atoms with E-state index in [4.69, 9.17) is 4.74 Å². The summed E-state index contributed by atoms with van der Waals surface area (Å²) in [4.78, 5) is 4.12. The molecule has 0 fully saturated rings. The van der Waals surface area contributed by atoms with Crippen molar-refractivity contribution in [3.05, 3.63) is 54.4 Å². The molecule has 0 saturated heterocycles. The van der Waals surface area contributed by atoms with E-state index in [2.05, 4.69) is 16.4 Å². The molecule has 0 bridgehead atoms. The van der Waals surface area contributed by atoms with Crippen LogP contribution in [0.1, 0.15) is 11.6 Å². The molecule has 16 heavy (non-hydrogen) atoms. The van der Waals surface area contributed by atoms with Gasteiger partial charge >= 0.3 is 0 Å². The predicted octanol–water partition coefficient (Wildman–Crippen LogP) is 2.63. The zero-order chi connectivity index (χ0) is 10.8. The van der Waals surface area contributed by atoms with Crippen molar-refractivity contribution < 1.29 is 4.74 Å². The van der Waals surface area contributed by atoms with Crippen molar-refractivity contribution in [1.82, 2.24) is 4.98 Å². The van der Waals surface area contributed by atoms with Gasteiger partial charge in [0, 0.05) is 12.4 Å². The minimum absolute atomic E-state index is 0.184. The van der Waals surface area contributed by atoms with E-state index in [9.17, 15) is 0 Å². The van der Waals surface area contributed by atoms with Gasteiger partial charge in [-0.3, -0.25) is 4.98 Å². The van der Waals surface area contributed by atoms with E-state index in [1.165, 1.54) is 0 Å². The van der Waals surface area contributed by atoms with Crippen LogP contribution in [-0.2, 0) is 0 Å². The van der Waals surface area contributed by atoms with E-state index in [1.807, 2.05) is 36.5 Å². The van der Waals surface area contributed by atoms with E-state index < -0.39 is 0 Å². The average Bonchev–Trinajstić information content (AvgIpc) is 2.39. The van der Waals surface area contributed by atoms with Gasteiger partial charge in [-0.15, -0.1) is 0 Å². The Balaban J connectivity index is 1.89. The van der Waals surface area contributed by atoms with E-state index in [0.29, 0.717) is 6.61 Å². The third-order valence-corrected chi connectivity index (χ3v) is 2.71. The summed E-state index contributed by atoms with van der Waals surface area (Å²) in [5.41, 5.74) is 2.19. The first-order valence-electron chi connectivity index (χ1n) is 5.32. The highest BCUT2D eigenvalue weighted by molar-refractivity contribution is 5.58. The summed E-state index contributed by atoms with van der Waals surface area (Å²) in [5, 5.41) is 3.45. The number of nitrogens with one attached hydrogen (secondary N) is 1. The van der Waals surface area contributed by atoms with Crippen molar-refractivity contribution in [3.8, 4) is 5.75 Å². The lowest BCUT2D eigenvalue weighted by atomic mass is 10.1. The number of benzene rings is 1. The maximum Gasteiger partial charge on any atom is 0.142 e. The van der Waals surface area contributed by atoms with Gasteiger partial charge in [-0.1, -0.05) is 18.2 Å². The molecule has 1 atom stereocenters. The summed E-state index contributed by atoms with van der Waals surface area (Å²) in [6, 6.07) is 12.2. The number of hydrogen-bond donors (Lipinski definition) is 1. The fraction of sp³-hybridized carbons (Fsp3) is 0.154. The third kappa shape index (κ3) is 1.60. The van der Waals surface area contributed by atoms with Crippen LogP contribution in [-0.4, -0.2) is 11.6 Å². The van der Waals surface area contributed by atoms with Crippen LogP contribution in [0.25, 0.3) is 0 Å². The third-order valence-electron chi connectivity index (χ3n) is 2.71. The Morgan fingerprint density at radius 3 is 3.00 bits per heavy atom. The molecule has 0 amide bonds. The van der Waals surface area contributed by atoms with Gasteiger partial charge in [0.1, 0.15) is 12.4 Å². The van der Waals surface area contributed by atoms with Gasteiger partial charge in [0.2, 0.25) is 0 Å². The Hall–Kier alpha value is -2.03. The summed E-state index contributed by atoms with van der Waals surface area (Å²) < 4.78 is 5.70. The van der Waals surface area contributed by atoms with Crippen LogP contribution in [0.4, 0.5) is 5.69 Å². The molecule has 3 rings (SSSR count). The first-order chi connectivity index (χ1) is 7.93. The normalized spacial score (nSPS) is 18.1. The first kappa shape index (κ1) is 9.21. The molecule has 2 aromatic rings. The van der Waals surface area contributed by atoms with Crippen LogP contribution in [0.2, 0.25) is 0 Å². The summed E-state index contributed by atoms with van der Waals surface area (Å²) in [5.74, 6) is 0.919. The molecule has 1 aromatic carbocycles. The number of pyridine rings is 1. The quantitative estimate of drug-likeness (QED) is 0.789.